The molecule has 12 nitrogen and oxygen atoms in total. The van der Waals surface area contributed by atoms with Crippen LogP contribution in [0.25, 0.3) is 0 Å². The molecule has 0 aliphatic carbocycles. The Morgan fingerprint density at radius 3 is 2.38 bits per heavy atom. The summed E-state index contributed by atoms with van der Waals surface area (Å²) in [4.78, 5) is 26.4. The van der Waals surface area contributed by atoms with Gasteiger partial charge in [0.05, 0.1) is 11.9 Å². The largest absolute Gasteiger partial charge is 0.493 e. The zero-order valence-corrected chi connectivity index (χ0v) is 21.8. The Morgan fingerprint density at radius 2 is 1.64 bits per heavy atom. The van der Waals surface area contributed by atoms with E-state index in [4.69, 9.17) is 0 Å². The highest BCUT2D eigenvalue weighted by Crippen LogP contribution is 2.22. The van der Waals surface area contributed by atoms with Crippen LogP contribution in [0.1, 0.15) is 24.0 Å². The Bertz CT molecular complexity index is 1370. The second-order valence-electron chi connectivity index (χ2n) is 10.0. The van der Waals surface area contributed by atoms with Crippen molar-refractivity contribution in [2.45, 2.75) is 25.8 Å². The Hall–Kier alpha value is -4.32. The van der Waals surface area contributed by atoms with Crippen molar-refractivity contribution in [2.75, 3.05) is 54.4 Å². The van der Waals surface area contributed by atoms with E-state index in [-0.39, 0.29) is 5.88 Å². The number of benzene rings is 1. The average Bonchev–Trinajstić information content (AvgIpc) is 3.42. The molecule has 0 bridgehead atoms. The predicted octanol–water partition coefficient (Wildman–Crippen LogP) is 2.22. The zero-order valence-electron chi connectivity index (χ0n) is 21.8. The summed E-state index contributed by atoms with van der Waals surface area (Å²) in [5.74, 6) is 2.33. The molecule has 2 saturated heterocycles. The predicted molar refractivity (Wildman–Crippen MR) is 148 cm³/mol. The van der Waals surface area contributed by atoms with E-state index in [1.165, 1.54) is 19.2 Å². The van der Waals surface area contributed by atoms with Crippen molar-refractivity contribution in [1.82, 2.24) is 40.0 Å². The molecule has 202 valence electrons. The van der Waals surface area contributed by atoms with Gasteiger partial charge in [-0.1, -0.05) is 30.3 Å². The first kappa shape index (κ1) is 25.0. The van der Waals surface area contributed by atoms with Gasteiger partial charge in [-0.2, -0.15) is 15.1 Å². The first-order valence-corrected chi connectivity index (χ1v) is 13.5. The van der Waals surface area contributed by atoms with E-state index in [9.17, 15) is 5.11 Å². The molecule has 6 rings (SSSR count). The van der Waals surface area contributed by atoms with Crippen LogP contribution in [0.5, 0.6) is 5.88 Å². The van der Waals surface area contributed by atoms with Crippen molar-refractivity contribution < 1.29 is 5.11 Å². The molecule has 3 N–H and O–H groups in total. The molecule has 0 unspecified atom stereocenters. The lowest BCUT2D eigenvalue weighted by Crippen LogP contribution is -2.47. The molecular formula is C27H33N11O. The Balaban J connectivity index is 1.04. The minimum Gasteiger partial charge on any atom is -0.493 e. The second kappa shape index (κ2) is 11.6. The number of piperidine rings is 1. The number of piperazine rings is 1. The molecule has 12 heteroatoms. The summed E-state index contributed by atoms with van der Waals surface area (Å²) in [5, 5.41) is 21.7. The van der Waals surface area contributed by atoms with Crippen LogP contribution in [0, 0.1) is 5.92 Å². The molecule has 5 heterocycles. The minimum atomic E-state index is 0.0264. The van der Waals surface area contributed by atoms with E-state index < -0.39 is 0 Å². The van der Waals surface area contributed by atoms with Gasteiger partial charge in [0, 0.05) is 57.1 Å². The molecule has 1 aromatic carbocycles. The van der Waals surface area contributed by atoms with Crippen LogP contribution in [0.2, 0.25) is 0 Å². The third-order valence-corrected chi connectivity index (χ3v) is 7.26. The molecule has 3 aromatic heterocycles. The smallest absolute Gasteiger partial charge is 0.232 e. The quantitative estimate of drug-likeness (QED) is 0.311. The summed E-state index contributed by atoms with van der Waals surface area (Å²) >= 11 is 0. The number of nitrogens with zero attached hydrogens (tertiary/aromatic N) is 9. The highest BCUT2D eigenvalue weighted by molar-refractivity contribution is 5.52. The summed E-state index contributed by atoms with van der Waals surface area (Å²) in [6.45, 7) is 5.87. The minimum absolute atomic E-state index is 0.0264. The molecule has 0 saturated carbocycles. The van der Waals surface area contributed by atoms with Crippen LogP contribution >= 0.6 is 0 Å². The van der Waals surface area contributed by atoms with Crippen LogP contribution in [0.15, 0.2) is 55.2 Å². The standard InChI is InChI=1S/C27H33N11O/c39-24-22(14-20-4-2-1-3-5-20)15-29-26(34-24)36-10-12-37(13-11-36)27-31-19-30-25(35-27)33-23-16-32-38(18-23)17-21-6-8-28-9-7-21/h1-5,15-16,18-19,21,28H,6-14,17H2,(H,29,34,39)(H,30,31,33,35). The Labute approximate surface area is 227 Å². The van der Waals surface area contributed by atoms with Gasteiger partial charge in [0.15, 0.2) is 0 Å². The number of aromatic nitrogens is 7. The van der Waals surface area contributed by atoms with Gasteiger partial charge in [-0.15, -0.1) is 0 Å². The van der Waals surface area contributed by atoms with Gasteiger partial charge in [0.1, 0.15) is 6.33 Å². The lowest BCUT2D eigenvalue weighted by atomic mass is 9.98. The number of hydrogen-bond donors (Lipinski definition) is 3. The first-order chi connectivity index (χ1) is 19.2. The lowest BCUT2D eigenvalue weighted by Gasteiger charge is -2.34. The molecule has 2 aliphatic heterocycles. The van der Waals surface area contributed by atoms with Crippen LogP contribution in [0.3, 0.4) is 0 Å². The fraction of sp³-hybridized carbons (Fsp3) is 0.407. The van der Waals surface area contributed by atoms with E-state index >= 15 is 0 Å². The molecule has 0 radical (unpaired) electrons. The third kappa shape index (κ3) is 6.23. The van der Waals surface area contributed by atoms with Crippen molar-refractivity contribution in [3.05, 3.63) is 66.4 Å². The van der Waals surface area contributed by atoms with Crippen molar-refractivity contribution >= 4 is 23.5 Å². The van der Waals surface area contributed by atoms with Crippen molar-refractivity contribution in [3.8, 4) is 5.88 Å². The van der Waals surface area contributed by atoms with Gasteiger partial charge in [-0.05, 0) is 37.4 Å². The van der Waals surface area contributed by atoms with E-state index in [1.807, 2.05) is 47.4 Å². The topological polar surface area (TPSA) is 133 Å². The van der Waals surface area contributed by atoms with Crippen LogP contribution in [-0.4, -0.2) is 79.1 Å². The van der Waals surface area contributed by atoms with E-state index in [0.29, 0.717) is 61.9 Å². The third-order valence-electron chi connectivity index (χ3n) is 7.26. The molecule has 39 heavy (non-hydrogen) atoms. The summed E-state index contributed by atoms with van der Waals surface area (Å²) in [5.41, 5.74) is 2.68. The molecular weight excluding hydrogens is 494 g/mol. The Morgan fingerprint density at radius 1 is 0.897 bits per heavy atom. The fourth-order valence-corrected chi connectivity index (χ4v) is 5.07. The fourth-order valence-electron chi connectivity index (χ4n) is 5.07. The van der Waals surface area contributed by atoms with Crippen LogP contribution < -0.4 is 20.4 Å². The lowest BCUT2D eigenvalue weighted by molar-refractivity contribution is 0.321. The number of aromatic hydroxyl groups is 1. The van der Waals surface area contributed by atoms with Gasteiger partial charge >= 0.3 is 0 Å². The highest BCUT2D eigenvalue weighted by Gasteiger charge is 2.22. The second-order valence-corrected chi connectivity index (χ2v) is 10.0. The van der Waals surface area contributed by atoms with Gasteiger partial charge in [0.2, 0.25) is 23.7 Å². The normalized spacial score (nSPS) is 16.4. The maximum absolute atomic E-state index is 10.5. The number of anilines is 4. The molecule has 0 amide bonds. The molecule has 2 aliphatic rings. The molecule has 2 fully saturated rings. The van der Waals surface area contributed by atoms with Gasteiger partial charge in [-0.25, -0.2) is 15.0 Å². The monoisotopic (exact) mass is 527 g/mol. The van der Waals surface area contributed by atoms with Gasteiger partial charge in [0.25, 0.3) is 0 Å². The molecule has 4 aromatic rings. The maximum atomic E-state index is 10.5. The van der Waals surface area contributed by atoms with E-state index in [1.54, 1.807) is 6.20 Å². The zero-order chi connectivity index (χ0) is 26.4. The van der Waals surface area contributed by atoms with E-state index in [2.05, 4.69) is 50.5 Å². The van der Waals surface area contributed by atoms with Crippen molar-refractivity contribution in [1.29, 1.82) is 0 Å². The van der Waals surface area contributed by atoms with E-state index in [0.717, 1.165) is 30.9 Å². The summed E-state index contributed by atoms with van der Waals surface area (Å²) < 4.78 is 1.99. The molecule has 0 spiro atoms. The highest BCUT2D eigenvalue weighted by atomic mass is 16.3. The SMILES string of the molecule is Oc1nc(N2CCN(c3ncnc(Nc4cnn(CC5CCNCC5)c4)n3)CC2)ncc1Cc1ccccc1. The van der Waals surface area contributed by atoms with Crippen LogP contribution in [-0.2, 0) is 13.0 Å². The number of hydrogen-bond acceptors (Lipinski definition) is 11. The van der Waals surface area contributed by atoms with Crippen LogP contribution in [0.4, 0.5) is 23.5 Å². The maximum Gasteiger partial charge on any atom is 0.232 e. The van der Waals surface area contributed by atoms with Gasteiger partial charge in [-0.3, -0.25) is 4.68 Å². The van der Waals surface area contributed by atoms with Gasteiger partial charge < -0.3 is 25.5 Å². The van der Waals surface area contributed by atoms with Crippen molar-refractivity contribution in [3.63, 3.8) is 0 Å². The Kier molecular flexibility index (Phi) is 7.43. The van der Waals surface area contributed by atoms with Crippen molar-refractivity contribution in [2.24, 2.45) is 5.92 Å². The number of nitrogens with one attached hydrogen (secondary N) is 2. The summed E-state index contributed by atoms with van der Waals surface area (Å²) in [6, 6.07) is 9.99. The molecule has 0 atom stereocenters. The summed E-state index contributed by atoms with van der Waals surface area (Å²) in [7, 11) is 0. The number of rotatable bonds is 8. The average molecular weight is 528 g/mol. The first-order valence-electron chi connectivity index (χ1n) is 13.5. The summed E-state index contributed by atoms with van der Waals surface area (Å²) in [6.07, 6.45) is 10.0.